The van der Waals surface area contributed by atoms with Crippen LogP contribution in [0.5, 0.6) is 0 Å². The lowest BCUT2D eigenvalue weighted by molar-refractivity contribution is 0.167. The number of nitrogens with one attached hydrogen (secondary N) is 2. The minimum absolute atomic E-state index is 0.0264. The zero-order valence-electron chi connectivity index (χ0n) is 12.6. The Labute approximate surface area is 124 Å². The Morgan fingerprint density at radius 1 is 1.52 bits per heavy atom. The van der Waals surface area contributed by atoms with Gasteiger partial charge in [0.2, 0.25) is 0 Å². The standard InChI is InChI=1S/C15H22FN3O2/c1-10(17-2)14-12(16)5-4-6-13(14)19-8-7-11(9-19)18-15(20)21-3/h4-6,10-11,17H,7-9H2,1-3H3,(H,18,20). The SMILES string of the molecule is CNC(C)c1c(F)cccc1N1CCC(NC(=O)OC)C1. The van der Waals surface area contributed by atoms with Crippen LogP contribution in [0.2, 0.25) is 0 Å². The molecule has 1 heterocycles. The number of methoxy groups -OCH3 is 1. The molecule has 0 radical (unpaired) electrons. The average Bonchev–Trinajstić information content (AvgIpc) is 2.94. The van der Waals surface area contributed by atoms with Crippen LogP contribution in [0.25, 0.3) is 0 Å². The van der Waals surface area contributed by atoms with Crippen molar-refractivity contribution in [1.29, 1.82) is 0 Å². The number of anilines is 1. The van der Waals surface area contributed by atoms with Crippen LogP contribution in [0.1, 0.15) is 24.9 Å². The number of amides is 1. The summed E-state index contributed by atoms with van der Waals surface area (Å²) < 4.78 is 18.8. The van der Waals surface area contributed by atoms with Crippen molar-refractivity contribution in [3.05, 3.63) is 29.6 Å². The predicted molar refractivity (Wildman–Crippen MR) is 80.0 cm³/mol. The smallest absolute Gasteiger partial charge is 0.407 e. The molecule has 1 fully saturated rings. The maximum Gasteiger partial charge on any atom is 0.407 e. The number of nitrogens with zero attached hydrogens (tertiary/aromatic N) is 1. The van der Waals surface area contributed by atoms with Crippen molar-refractivity contribution >= 4 is 11.8 Å². The fourth-order valence-corrected chi connectivity index (χ4v) is 2.70. The number of carbonyl (C=O) groups excluding carboxylic acids is 1. The molecule has 0 aromatic heterocycles. The van der Waals surface area contributed by atoms with Crippen molar-refractivity contribution in [2.45, 2.75) is 25.4 Å². The van der Waals surface area contributed by atoms with Gasteiger partial charge in [-0.15, -0.1) is 0 Å². The maximum absolute atomic E-state index is 14.1. The van der Waals surface area contributed by atoms with Gasteiger partial charge in [-0.05, 0) is 32.5 Å². The third-order valence-electron chi connectivity index (χ3n) is 3.93. The second kappa shape index (κ2) is 6.76. The minimum atomic E-state index is -0.426. The highest BCUT2D eigenvalue weighted by molar-refractivity contribution is 5.67. The summed E-state index contributed by atoms with van der Waals surface area (Å²) in [5, 5.41) is 5.88. The summed E-state index contributed by atoms with van der Waals surface area (Å²) in [6.45, 7) is 3.37. The van der Waals surface area contributed by atoms with Crippen LogP contribution >= 0.6 is 0 Å². The molecule has 1 amide bonds. The Morgan fingerprint density at radius 3 is 2.95 bits per heavy atom. The molecule has 2 N–H and O–H groups in total. The van der Waals surface area contributed by atoms with E-state index in [2.05, 4.69) is 20.3 Å². The molecule has 2 atom stereocenters. The molecule has 1 saturated heterocycles. The van der Waals surface area contributed by atoms with Crippen LogP contribution < -0.4 is 15.5 Å². The van der Waals surface area contributed by atoms with E-state index in [-0.39, 0.29) is 17.9 Å². The predicted octanol–water partition coefficient (Wildman–Crippen LogP) is 2.04. The molecule has 21 heavy (non-hydrogen) atoms. The van der Waals surface area contributed by atoms with Gasteiger partial charge in [0, 0.05) is 30.4 Å². The lowest BCUT2D eigenvalue weighted by atomic mass is 10.0. The molecular formula is C15H22FN3O2. The number of hydrogen-bond acceptors (Lipinski definition) is 4. The van der Waals surface area contributed by atoms with E-state index in [4.69, 9.17) is 0 Å². The molecular weight excluding hydrogens is 273 g/mol. The topological polar surface area (TPSA) is 53.6 Å². The number of alkyl carbamates (subject to hydrolysis) is 1. The summed E-state index contributed by atoms with van der Waals surface area (Å²) in [6.07, 6.45) is 0.392. The van der Waals surface area contributed by atoms with Gasteiger partial charge >= 0.3 is 6.09 Å². The van der Waals surface area contributed by atoms with Gasteiger partial charge in [0.1, 0.15) is 5.82 Å². The fourth-order valence-electron chi connectivity index (χ4n) is 2.70. The number of carbonyl (C=O) groups is 1. The molecule has 2 unspecified atom stereocenters. The molecule has 1 aromatic rings. The summed E-state index contributed by atoms with van der Waals surface area (Å²) >= 11 is 0. The quantitative estimate of drug-likeness (QED) is 0.892. The Kier molecular flexibility index (Phi) is 5.01. The van der Waals surface area contributed by atoms with Gasteiger partial charge in [-0.1, -0.05) is 6.07 Å². The van der Waals surface area contributed by atoms with E-state index >= 15 is 0 Å². The van der Waals surface area contributed by atoms with Crippen LogP contribution in [0.3, 0.4) is 0 Å². The summed E-state index contributed by atoms with van der Waals surface area (Å²) in [6, 6.07) is 5.07. The Morgan fingerprint density at radius 2 is 2.29 bits per heavy atom. The summed E-state index contributed by atoms with van der Waals surface area (Å²) in [5.41, 5.74) is 1.55. The summed E-state index contributed by atoms with van der Waals surface area (Å²) in [5.74, 6) is -0.210. The second-order valence-electron chi connectivity index (χ2n) is 5.25. The van der Waals surface area contributed by atoms with Gasteiger partial charge in [-0.3, -0.25) is 0 Å². The molecule has 1 aromatic carbocycles. The Balaban J connectivity index is 2.16. The van der Waals surface area contributed by atoms with Crippen molar-refractivity contribution in [3.63, 3.8) is 0 Å². The summed E-state index contributed by atoms with van der Waals surface area (Å²) in [7, 11) is 3.16. The van der Waals surface area contributed by atoms with Gasteiger partial charge in [-0.2, -0.15) is 0 Å². The number of benzene rings is 1. The van der Waals surface area contributed by atoms with E-state index in [0.29, 0.717) is 12.1 Å². The molecule has 1 aliphatic heterocycles. The number of hydrogen-bond donors (Lipinski definition) is 2. The molecule has 0 aliphatic carbocycles. The van der Waals surface area contributed by atoms with Gasteiger partial charge in [-0.25, -0.2) is 9.18 Å². The Bertz CT molecular complexity index is 510. The maximum atomic E-state index is 14.1. The highest BCUT2D eigenvalue weighted by Gasteiger charge is 2.27. The van der Waals surface area contributed by atoms with Gasteiger partial charge in [0.05, 0.1) is 13.2 Å². The van der Waals surface area contributed by atoms with Crippen molar-refractivity contribution in [1.82, 2.24) is 10.6 Å². The van der Waals surface area contributed by atoms with Crippen LogP contribution in [0.15, 0.2) is 18.2 Å². The minimum Gasteiger partial charge on any atom is -0.453 e. The summed E-state index contributed by atoms with van der Waals surface area (Å²) in [4.78, 5) is 13.4. The van der Waals surface area contributed by atoms with E-state index in [1.165, 1.54) is 13.2 Å². The second-order valence-corrected chi connectivity index (χ2v) is 5.25. The Hall–Kier alpha value is -1.82. The average molecular weight is 295 g/mol. The monoisotopic (exact) mass is 295 g/mol. The first-order chi connectivity index (χ1) is 10.1. The zero-order valence-corrected chi connectivity index (χ0v) is 12.6. The van der Waals surface area contributed by atoms with Crippen molar-refractivity contribution < 1.29 is 13.9 Å². The van der Waals surface area contributed by atoms with E-state index < -0.39 is 6.09 Å². The highest BCUT2D eigenvalue weighted by atomic mass is 19.1. The first kappa shape index (κ1) is 15.6. The number of halogens is 1. The largest absolute Gasteiger partial charge is 0.453 e. The third kappa shape index (κ3) is 3.44. The lowest BCUT2D eigenvalue weighted by Gasteiger charge is -2.25. The molecule has 0 spiro atoms. The fraction of sp³-hybridized carbons (Fsp3) is 0.533. The number of rotatable bonds is 4. The van der Waals surface area contributed by atoms with Crippen molar-refractivity contribution in [2.75, 3.05) is 32.1 Å². The number of ether oxygens (including phenoxy) is 1. The molecule has 0 saturated carbocycles. The van der Waals surface area contributed by atoms with Crippen LogP contribution in [0.4, 0.5) is 14.9 Å². The van der Waals surface area contributed by atoms with E-state index in [1.807, 2.05) is 20.0 Å². The van der Waals surface area contributed by atoms with Crippen LogP contribution in [0, 0.1) is 5.82 Å². The van der Waals surface area contributed by atoms with Gasteiger partial charge in [0.15, 0.2) is 0 Å². The molecule has 0 bridgehead atoms. The normalized spacial score (nSPS) is 19.4. The van der Waals surface area contributed by atoms with Crippen LogP contribution in [-0.4, -0.2) is 39.4 Å². The molecule has 1 aliphatic rings. The zero-order chi connectivity index (χ0) is 15.4. The van der Waals surface area contributed by atoms with Gasteiger partial charge < -0.3 is 20.3 Å². The molecule has 116 valence electrons. The first-order valence-electron chi connectivity index (χ1n) is 7.12. The molecule has 2 rings (SSSR count). The van der Waals surface area contributed by atoms with Crippen LogP contribution in [-0.2, 0) is 4.74 Å². The lowest BCUT2D eigenvalue weighted by Crippen LogP contribution is -2.37. The van der Waals surface area contributed by atoms with Crippen molar-refractivity contribution in [3.8, 4) is 0 Å². The highest BCUT2D eigenvalue weighted by Crippen LogP contribution is 2.31. The van der Waals surface area contributed by atoms with E-state index in [0.717, 1.165) is 18.7 Å². The van der Waals surface area contributed by atoms with E-state index in [9.17, 15) is 9.18 Å². The molecule has 6 heteroatoms. The van der Waals surface area contributed by atoms with Gasteiger partial charge in [0.25, 0.3) is 0 Å². The third-order valence-corrected chi connectivity index (χ3v) is 3.93. The van der Waals surface area contributed by atoms with E-state index in [1.54, 1.807) is 6.07 Å². The molecule has 5 nitrogen and oxygen atoms in total. The first-order valence-corrected chi connectivity index (χ1v) is 7.12. The van der Waals surface area contributed by atoms with Crippen molar-refractivity contribution in [2.24, 2.45) is 0 Å².